The van der Waals surface area contributed by atoms with Crippen LogP contribution in [0.25, 0.3) is 22.2 Å². The molecule has 1 aliphatic carbocycles. The van der Waals surface area contributed by atoms with Crippen molar-refractivity contribution in [3.63, 3.8) is 0 Å². The fourth-order valence-electron chi connectivity index (χ4n) is 4.19. The van der Waals surface area contributed by atoms with Crippen LogP contribution in [0.1, 0.15) is 43.0 Å². The first-order valence-corrected chi connectivity index (χ1v) is 9.09. The van der Waals surface area contributed by atoms with Gasteiger partial charge in [-0.1, -0.05) is 11.6 Å². The van der Waals surface area contributed by atoms with Crippen molar-refractivity contribution in [1.82, 2.24) is 4.98 Å². The number of aryl methyl sites for hydroxylation is 2. The summed E-state index contributed by atoms with van der Waals surface area (Å²) in [6.07, 6.45) is 1.11. The van der Waals surface area contributed by atoms with Crippen molar-refractivity contribution < 1.29 is 19.1 Å². The van der Waals surface area contributed by atoms with Crippen LogP contribution in [0.3, 0.4) is 0 Å². The van der Waals surface area contributed by atoms with E-state index in [0.717, 1.165) is 27.7 Å². The van der Waals surface area contributed by atoms with Gasteiger partial charge in [0.2, 0.25) is 0 Å². The molecule has 0 spiro atoms. The SMILES string of the molecule is COC(=O)c1c(N)c(C#N)c2c(c1C(=O)OC)CCc1c-2[nH]c2ccc(C)cc12. The molecular weight excluding hydrogens is 370 g/mol. The van der Waals surface area contributed by atoms with Gasteiger partial charge >= 0.3 is 11.9 Å². The van der Waals surface area contributed by atoms with Crippen LogP contribution >= 0.6 is 0 Å². The minimum atomic E-state index is -0.778. The molecule has 0 saturated heterocycles. The number of hydrogen-bond acceptors (Lipinski definition) is 6. The molecule has 0 aliphatic heterocycles. The minimum Gasteiger partial charge on any atom is -0.465 e. The number of carbonyl (C=O) groups excluding carboxylic acids is 2. The molecule has 7 nitrogen and oxygen atoms in total. The van der Waals surface area contributed by atoms with E-state index in [4.69, 9.17) is 15.2 Å². The summed E-state index contributed by atoms with van der Waals surface area (Å²) in [6.45, 7) is 2.02. The first kappa shape index (κ1) is 18.6. The number of aromatic nitrogens is 1. The molecule has 0 bridgehead atoms. The lowest BCUT2D eigenvalue weighted by Gasteiger charge is -2.24. The number of fused-ring (bicyclic) bond motifs is 5. The van der Waals surface area contributed by atoms with Crippen LogP contribution in [-0.4, -0.2) is 31.1 Å². The Morgan fingerprint density at radius 3 is 2.41 bits per heavy atom. The molecule has 0 saturated carbocycles. The number of nitrogens with one attached hydrogen (secondary N) is 1. The Balaban J connectivity index is 2.15. The number of hydrogen-bond donors (Lipinski definition) is 2. The number of ether oxygens (including phenoxy) is 2. The third-order valence-corrected chi connectivity index (χ3v) is 5.47. The number of carbonyl (C=O) groups is 2. The highest BCUT2D eigenvalue weighted by Gasteiger charge is 2.35. The van der Waals surface area contributed by atoms with Gasteiger partial charge in [-0.3, -0.25) is 0 Å². The Hall–Kier alpha value is -3.79. The fourth-order valence-corrected chi connectivity index (χ4v) is 4.19. The predicted molar refractivity (Wildman–Crippen MR) is 108 cm³/mol. The molecule has 146 valence electrons. The average Bonchev–Trinajstić information content (AvgIpc) is 3.09. The molecule has 3 N–H and O–H groups in total. The van der Waals surface area contributed by atoms with Crippen molar-refractivity contribution in [2.45, 2.75) is 19.8 Å². The van der Waals surface area contributed by atoms with Gasteiger partial charge in [-0.05, 0) is 43.0 Å². The molecule has 2 aromatic carbocycles. The molecule has 7 heteroatoms. The van der Waals surface area contributed by atoms with Crippen molar-refractivity contribution in [2.24, 2.45) is 0 Å². The summed E-state index contributed by atoms with van der Waals surface area (Å²) in [7, 11) is 2.44. The second-order valence-corrected chi connectivity index (χ2v) is 7.01. The van der Waals surface area contributed by atoms with Crippen LogP contribution in [0, 0.1) is 18.3 Å². The Bertz CT molecular complexity index is 1250. The largest absolute Gasteiger partial charge is 0.465 e. The zero-order valence-corrected chi connectivity index (χ0v) is 16.3. The third kappa shape index (κ3) is 2.57. The topological polar surface area (TPSA) is 118 Å². The van der Waals surface area contributed by atoms with E-state index in [1.54, 1.807) is 0 Å². The Morgan fingerprint density at radius 2 is 1.76 bits per heavy atom. The standard InChI is InChI=1S/C22H19N3O4/c1-10-4-7-15-13(8-10)11-5-6-12-16(20(11)25-15)14(9-23)19(24)18(22(27)29-3)17(12)21(26)28-2/h4,7-8,25H,5-6,24H2,1-3H3. The maximum Gasteiger partial charge on any atom is 0.340 e. The number of esters is 2. The van der Waals surface area contributed by atoms with Gasteiger partial charge in [0.05, 0.1) is 42.3 Å². The molecule has 4 rings (SSSR count). The van der Waals surface area contributed by atoms with Gasteiger partial charge < -0.3 is 20.2 Å². The van der Waals surface area contributed by atoms with Gasteiger partial charge in [-0.15, -0.1) is 0 Å². The lowest BCUT2D eigenvalue weighted by molar-refractivity contribution is 0.0555. The molecule has 29 heavy (non-hydrogen) atoms. The van der Waals surface area contributed by atoms with Crippen molar-refractivity contribution >= 4 is 28.5 Å². The molecule has 1 aromatic heterocycles. The van der Waals surface area contributed by atoms with Crippen molar-refractivity contribution in [1.29, 1.82) is 5.26 Å². The molecule has 0 unspecified atom stereocenters. The van der Waals surface area contributed by atoms with Crippen LogP contribution in [0.4, 0.5) is 5.69 Å². The summed E-state index contributed by atoms with van der Waals surface area (Å²) in [5.74, 6) is -1.46. The Labute approximate surface area is 167 Å². The quantitative estimate of drug-likeness (QED) is 0.513. The van der Waals surface area contributed by atoms with E-state index in [-0.39, 0.29) is 22.4 Å². The van der Waals surface area contributed by atoms with Crippen molar-refractivity contribution in [3.05, 3.63) is 51.6 Å². The number of rotatable bonds is 2. The fraction of sp³-hybridized carbons (Fsp3) is 0.227. The van der Waals surface area contributed by atoms with Crippen LogP contribution < -0.4 is 5.73 Å². The van der Waals surface area contributed by atoms with Gasteiger partial charge in [0.1, 0.15) is 6.07 Å². The van der Waals surface area contributed by atoms with Crippen LogP contribution in [-0.2, 0) is 22.3 Å². The molecule has 0 atom stereocenters. The number of benzene rings is 2. The summed E-state index contributed by atoms with van der Waals surface area (Å²) in [6, 6.07) is 8.20. The van der Waals surface area contributed by atoms with Gasteiger partial charge in [-0.2, -0.15) is 5.26 Å². The number of nitrogens with two attached hydrogens (primary N) is 1. The number of methoxy groups -OCH3 is 2. The Kier molecular flexibility index (Phi) is 4.27. The lowest BCUT2D eigenvalue weighted by atomic mass is 9.80. The van der Waals surface area contributed by atoms with E-state index in [1.807, 2.05) is 19.1 Å². The molecular formula is C22H19N3O4. The normalized spacial score (nSPS) is 12.1. The maximum atomic E-state index is 12.6. The number of aromatic amines is 1. The second-order valence-electron chi connectivity index (χ2n) is 7.01. The lowest BCUT2D eigenvalue weighted by Crippen LogP contribution is -2.21. The van der Waals surface area contributed by atoms with Crippen molar-refractivity contribution in [3.8, 4) is 17.3 Å². The monoisotopic (exact) mass is 389 g/mol. The van der Waals surface area contributed by atoms with Crippen LogP contribution in [0.5, 0.6) is 0 Å². The van der Waals surface area contributed by atoms with E-state index in [9.17, 15) is 14.9 Å². The first-order chi connectivity index (χ1) is 13.9. The Morgan fingerprint density at radius 1 is 1.10 bits per heavy atom. The average molecular weight is 389 g/mol. The van der Waals surface area contributed by atoms with Crippen LogP contribution in [0.15, 0.2) is 18.2 Å². The summed E-state index contributed by atoms with van der Waals surface area (Å²) in [4.78, 5) is 28.4. The number of H-pyrrole nitrogens is 1. The summed E-state index contributed by atoms with van der Waals surface area (Å²) in [5.41, 5.74) is 11.2. The maximum absolute atomic E-state index is 12.6. The number of nitrogen functional groups attached to an aromatic ring is 1. The van der Waals surface area contributed by atoms with Crippen molar-refractivity contribution in [2.75, 3.05) is 20.0 Å². The zero-order chi connectivity index (χ0) is 20.9. The summed E-state index contributed by atoms with van der Waals surface area (Å²) in [5, 5.41) is 10.9. The van der Waals surface area contributed by atoms with Crippen LogP contribution in [0.2, 0.25) is 0 Å². The van der Waals surface area contributed by atoms with E-state index >= 15 is 0 Å². The molecule has 1 heterocycles. The second kappa shape index (κ2) is 6.67. The van der Waals surface area contributed by atoms with E-state index in [2.05, 4.69) is 17.1 Å². The minimum absolute atomic E-state index is 0.0614. The molecule has 0 fully saturated rings. The first-order valence-electron chi connectivity index (χ1n) is 9.09. The predicted octanol–water partition coefficient (Wildman–Crippen LogP) is 3.27. The molecule has 3 aromatic rings. The molecule has 0 amide bonds. The molecule has 1 aliphatic rings. The zero-order valence-electron chi connectivity index (χ0n) is 16.3. The summed E-state index contributed by atoms with van der Waals surface area (Å²) >= 11 is 0. The number of anilines is 1. The van der Waals surface area contributed by atoms with Gasteiger partial charge in [0.25, 0.3) is 0 Å². The number of nitrogens with zero attached hydrogens (tertiary/aromatic N) is 1. The molecule has 0 radical (unpaired) electrons. The van der Waals surface area contributed by atoms with E-state index in [1.165, 1.54) is 14.2 Å². The van der Waals surface area contributed by atoms with Gasteiger partial charge in [0, 0.05) is 16.5 Å². The number of nitriles is 1. The highest BCUT2D eigenvalue weighted by Crippen LogP contribution is 2.44. The summed E-state index contributed by atoms with van der Waals surface area (Å²) < 4.78 is 9.76. The van der Waals surface area contributed by atoms with E-state index in [0.29, 0.717) is 24.0 Å². The van der Waals surface area contributed by atoms with E-state index < -0.39 is 11.9 Å². The highest BCUT2D eigenvalue weighted by atomic mass is 16.5. The third-order valence-electron chi connectivity index (χ3n) is 5.47. The highest BCUT2D eigenvalue weighted by molar-refractivity contribution is 6.11. The van der Waals surface area contributed by atoms with Gasteiger partial charge in [0.15, 0.2) is 0 Å². The van der Waals surface area contributed by atoms with Gasteiger partial charge in [-0.25, -0.2) is 9.59 Å². The smallest absolute Gasteiger partial charge is 0.340 e.